The zero-order chi connectivity index (χ0) is 23.6. The first-order valence-corrected chi connectivity index (χ1v) is 11.6. The van der Waals surface area contributed by atoms with Crippen LogP contribution in [-0.4, -0.2) is 29.1 Å². The molecule has 2 aromatic carbocycles. The predicted octanol–water partition coefficient (Wildman–Crippen LogP) is 5.00. The monoisotopic (exact) mass is 473 g/mol. The second-order valence-electron chi connectivity index (χ2n) is 7.13. The van der Waals surface area contributed by atoms with Gasteiger partial charge >= 0.3 is 0 Å². The standard InChI is InChI=1S/C22H18F3N5O2S/c1-2-10-33(31,32)30-18-8-6-16(23)20(19(18)24)29-22-15-11-13(5-7-17(15)27-12-28-22)14-4-3-9-26-21(14)25/h3-9,11-12,30H,2,10H2,1H3,(H,27,28,29). The SMILES string of the molecule is CCCS(=O)(=O)Nc1ccc(F)c(Nc2ncnc3ccc(-c4cccnc4F)cc23)c1F. The van der Waals surface area contributed by atoms with Crippen LogP contribution in [0.25, 0.3) is 22.0 Å². The Morgan fingerprint density at radius 2 is 1.82 bits per heavy atom. The lowest BCUT2D eigenvalue weighted by molar-refractivity contribution is 0.587. The number of benzene rings is 2. The van der Waals surface area contributed by atoms with E-state index in [1.807, 2.05) is 0 Å². The van der Waals surface area contributed by atoms with Gasteiger partial charge < -0.3 is 5.32 Å². The maximum Gasteiger partial charge on any atom is 0.232 e. The van der Waals surface area contributed by atoms with E-state index in [-0.39, 0.29) is 17.1 Å². The third-order valence-corrected chi connectivity index (χ3v) is 6.25. The van der Waals surface area contributed by atoms with Gasteiger partial charge in [0.1, 0.15) is 23.6 Å². The first-order valence-electron chi connectivity index (χ1n) is 9.90. The summed E-state index contributed by atoms with van der Waals surface area (Å²) in [5.74, 6) is -2.91. The first kappa shape index (κ1) is 22.5. The maximum absolute atomic E-state index is 15.1. The van der Waals surface area contributed by atoms with E-state index < -0.39 is 39.0 Å². The molecule has 4 rings (SSSR count). The van der Waals surface area contributed by atoms with Crippen molar-refractivity contribution in [3.8, 4) is 11.1 Å². The number of nitrogens with zero attached hydrogens (tertiary/aromatic N) is 3. The smallest absolute Gasteiger partial charge is 0.232 e. The highest BCUT2D eigenvalue weighted by atomic mass is 32.2. The first-order chi connectivity index (χ1) is 15.8. The number of anilines is 3. The summed E-state index contributed by atoms with van der Waals surface area (Å²) in [4.78, 5) is 11.8. The van der Waals surface area contributed by atoms with Crippen LogP contribution >= 0.6 is 0 Å². The van der Waals surface area contributed by atoms with Crippen molar-refractivity contribution in [3.05, 3.63) is 72.6 Å². The van der Waals surface area contributed by atoms with Crippen LogP contribution in [-0.2, 0) is 10.0 Å². The Bertz CT molecular complexity index is 1450. The quantitative estimate of drug-likeness (QED) is 0.367. The molecule has 0 bridgehead atoms. The van der Waals surface area contributed by atoms with Crippen LogP contribution in [0.1, 0.15) is 13.3 Å². The molecule has 2 N–H and O–H groups in total. The van der Waals surface area contributed by atoms with Crippen molar-refractivity contribution in [2.24, 2.45) is 0 Å². The lowest BCUT2D eigenvalue weighted by Gasteiger charge is -2.14. The van der Waals surface area contributed by atoms with Crippen molar-refractivity contribution in [3.63, 3.8) is 0 Å². The molecule has 2 heterocycles. The van der Waals surface area contributed by atoms with Crippen LogP contribution in [0, 0.1) is 17.6 Å². The van der Waals surface area contributed by atoms with E-state index in [1.165, 1.54) is 12.5 Å². The Kier molecular flexibility index (Phi) is 6.14. The van der Waals surface area contributed by atoms with Crippen molar-refractivity contribution in [2.45, 2.75) is 13.3 Å². The van der Waals surface area contributed by atoms with E-state index in [4.69, 9.17) is 0 Å². The normalized spacial score (nSPS) is 11.5. The summed E-state index contributed by atoms with van der Waals surface area (Å²) < 4.78 is 69.9. The van der Waals surface area contributed by atoms with Gasteiger partial charge in [-0.2, -0.15) is 4.39 Å². The van der Waals surface area contributed by atoms with Gasteiger partial charge in [-0.25, -0.2) is 32.2 Å². The number of fused-ring (bicyclic) bond motifs is 1. The van der Waals surface area contributed by atoms with Crippen LogP contribution in [0.4, 0.5) is 30.4 Å². The average molecular weight is 473 g/mol. The average Bonchev–Trinajstić information content (AvgIpc) is 2.78. The molecule has 0 aliphatic rings. The number of hydrogen-bond acceptors (Lipinski definition) is 6. The van der Waals surface area contributed by atoms with Gasteiger partial charge in [0.05, 0.1) is 17.0 Å². The van der Waals surface area contributed by atoms with Gasteiger partial charge in [0.25, 0.3) is 0 Å². The molecule has 0 aliphatic carbocycles. The molecule has 0 radical (unpaired) electrons. The molecule has 4 aromatic rings. The molecule has 7 nitrogen and oxygen atoms in total. The number of nitrogens with one attached hydrogen (secondary N) is 2. The van der Waals surface area contributed by atoms with Crippen LogP contribution in [0.15, 0.2) is 55.0 Å². The van der Waals surface area contributed by atoms with Crippen LogP contribution in [0.3, 0.4) is 0 Å². The Morgan fingerprint density at radius 3 is 2.58 bits per heavy atom. The lowest BCUT2D eigenvalue weighted by atomic mass is 10.0. The molecule has 0 aliphatic heterocycles. The third kappa shape index (κ3) is 4.72. The van der Waals surface area contributed by atoms with Gasteiger partial charge in [0.2, 0.25) is 16.0 Å². The van der Waals surface area contributed by atoms with E-state index >= 15 is 4.39 Å². The summed E-state index contributed by atoms with van der Waals surface area (Å²) in [6.07, 6.45) is 2.86. The Labute approximate surface area is 187 Å². The van der Waals surface area contributed by atoms with Gasteiger partial charge in [-0.05, 0) is 48.4 Å². The maximum atomic E-state index is 15.1. The molecule has 11 heteroatoms. The largest absolute Gasteiger partial charge is 0.335 e. The molecule has 0 saturated heterocycles. The summed E-state index contributed by atoms with van der Waals surface area (Å²) in [7, 11) is -3.79. The zero-order valence-corrected chi connectivity index (χ0v) is 18.1. The molecule has 0 unspecified atom stereocenters. The number of hydrogen-bond donors (Lipinski definition) is 2. The minimum atomic E-state index is -3.79. The van der Waals surface area contributed by atoms with E-state index in [0.717, 1.165) is 12.1 Å². The number of halogens is 3. The van der Waals surface area contributed by atoms with Crippen molar-refractivity contribution < 1.29 is 21.6 Å². The van der Waals surface area contributed by atoms with Crippen LogP contribution < -0.4 is 10.0 Å². The summed E-state index contributed by atoms with van der Waals surface area (Å²) in [6.45, 7) is 1.67. The number of pyridine rings is 1. The van der Waals surface area contributed by atoms with Crippen LogP contribution in [0.5, 0.6) is 0 Å². The topological polar surface area (TPSA) is 96.9 Å². The van der Waals surface area contributed by atoms with Gasteiger partial charge in [-0.3, -0.25) is 4.72 Å². The van der Waals surface area contributed by atoms with Gasteiger partial charge in [0, 0.05) is 17.1 Å². The summed E-state index contributed by atoms with van der Waals surface area (Å²) >= 11 is 0. The molecule has 0 fully saturated rings. The van der Waals surface area contributed by atoms with E-state index in [9.17, 15) is 17.2 Å². The fourth-order valence-corrected chi connectivity index (χ4v) is 4.41. The Hall–Kier alpha value is -3.73. The summed E-state index contributed by atoms with van der Waals surface area (Å²) in [5.41, 5.74) is 0.154. The highest BCUT2D eigenvalue weighted by Gasteiger charge is 2.19. The molecule has 170 valence electrons. The molecule has 33 heavy (non-hydrogen) atoms. The number of aromatic nitrogens is 3. The van der Waals surface area contributed by atoms with Crippen LogP contribution in [0.2, 0.25) is 0 Å². The van der Waals surface area contributed by atoms with Gasteiger partial charge in [-0.1, -0.05) is 13.0 Å². The van der Waals surface area contributed by atoms with E-state index in [2.05, 4.69) is 25.0 Å². The number of sulfonamides is 1. The molecule has 0 saturated carbocycles. The van der Waals surface area contributed by atoms with Crippen molar-refractivity contribution in [1.29, 1.82) is 0 Å². The highest BCUT2D eigenvalue weighted by Crippen LogP contribution is 2.33. The van der Waals surface area contributed by atoms with E-state index in [1.54, 1.807) is 37.3 Å². The lowest BCUT2D eigenvalue weighted by Crippen LogP contribution is -2.17. The molecule has 0 amide bonds. The molecule has 0 atom stereocenters. The van der Waals surface area contributed by atoms with Crippen molar-refractivity contribution in [1.82, 2.24) is 15.0 Å². The molecular formula is C22H18F3N5O2S. The molecular weight excluding hydrogens is 455 g/mol. The Balaban J connectivity index is 1.77. The summed E-state index contributed by atoms with van der Waals surface area (Å²) in [6, 6.07) is 9.90. The second kappa shape index (κ2) is 9.02. The molecule has 2 aromatic heterocycles. The highest BCUT2D eigenvalue weighted by molar-refractivity contribution is 7.92. The fraction of sp³-hybridized carbons (Fsp3) is 0.136. The van der Waals surface area contributed by atoms with Crippen molar-refractivity contribution in [2.75, 3.05) is 15.8 Å². The summed E-state index contributed by atoms with van der Waals surface area (Å²) in [5, 5.41) is 2.96. The zero-order valence-electron chi connectivity index (χ0n) is 17.3. The van der Waals surface area contributed by atoms with E-state index in [0.29, 0.717) is 22.9 Å². The second-order valence-corrected chi connectivity index (χ2v) is 8.97. The predicted molar refractivity (Wildman–Crippen MR) is 120 cm³/mol. The fourth-order valence-electron chi connectivity index (χ4n) is 3.28. The minimum absolute atomic E-state index is 0.0533. The number of rotatable bonds is 7. The minimum Gasteiger partial charge on any atom is -0.335 e. The van der Waals surface area contributed by atoms with Gasteiger partial charge in [-0.15, -0.1) is 0 Å². The third-order valence-electron chi connectivity index (χ3n) is 4.78. The van der Waals surface area contributed by atoms with Crippen molar-refractivity contribution >= 4 is 38.1 Å². The Morgan fingerprint density at radius 1 is 1.00 bits per heavy atom. The molecule has 0 spiro atoms. The van der Waals surface area contributed by atoms with Gasteiger partial charge in [0.15, 0.2) is 5.82 Å².